The zero-order chi connectivity index (χ0) is 14.4. The number of carbonyl (C=O) groups is 2. The molecule has 2 N–H and O–H groups in total. The molecule has 20 heavy (non-hydrogen) atoms. The molecule has 0 aromatic heterocycles. The van der Waals surface area contributed by atoms with E-state index in [0.717, 1.165) is 0 Å². The summed E-state index contributed by atoms with van der Waals surface area (Å²) in [4.78, 5) is 25.1. The lowest BCUT2D eigenvalue weighted by Gasteiger charge is -2.21. The second kappa shape index (κ2) is 4.45. The van der Waals surface area contributed by atoms with Gasteiger partial charge in [-0.05, 0) is 22.0 Å². The van der Waals surface area contributed by atoms with Crippen LogP contribution in [0.3, 0.4) is 0 Å². The fourth-order valence-corrected chi connectivity index (χ4v) is 3.00. The van der Waals surface area contributed by atoms with E-state index in [1.165, 1.54) is 7.11 Å². The highest BCUT2D eigenvalue weighted by atomic mass is 79.9. The number of halogens is 1. The smallest absolute Gasteiger partial charge is 0.196 e. The van der Waals surface area contributed by atoms with Gasteiger partial charge in [-0.1, -0.05) is 24.3 Å². The fraction of sp³-hybridized carbons (Fsp3) is 0.0667. The van der Waals surface area contributed by atoms with Crippen molar-refractivity contribution in [1.29, 1.82) is 0 Å². The number of methoxy groups -OCH3 is 1. The SMILES string of the molecule is COc1cc(Br)c2c(c1N)C(=O)c1ccccc1C2=O. The van der Waals surface area contributed by atoms with E-state index in [0.29, 0.717) is 26.9 Å². The molecule has 2 aromatic carbocycles. The number of rotatable bonds is 1. The monoisotopic (exact) mass is 331 g/mol. The average Bonchev–Trinajstić information content (AvgIpc) is 2.46. The van der Waals surface area contributed by atoms with Crippen LogP contribution in [0.4, 0.5) is 5.69 Å². The average molecular weight is 332 g/mol. The number of ether oxygens (including phenoxy) is 1. The van der Waals surface area contributed by atoms with Crippen molar-refractivity contribution >= 4 is 33.2 Å². The Morgan fingerprint density at radius 1 is 1.05 bits per heavy atom. The molecule has 0 saturated heterocycles. The maximum atomic E-state index is 12.6. The van der Waals surface area contributed by atoms with E-state index in [1.807, 2.05) is 0 Å². The molecule has 0 fully saturated rings. The molecule has 2 aromatic rings. The molecule has 0 aliphatic heterocycles. The van der Waals surface area contributed by atoms with Crippen molar-refractivity contribution in [3.05, 3.63) is 57.1 Å². The Balaban J connectivity index is 2.39. The van der Waals surface area contributed by atoms with E-state index in [-0.39, 0.29) is 22.8 Å². The third-order valence-corrected chi connectivity index (χ3v) is 4.00. The molecule has 5 heteroatoms. The van der Waals surface area contributed by atoms with Crippen molar-refractivity contribution < 1.29 is 14.3 Å². The number of carbonyl (C=O) groups excluding carboxylic acids is 2. The predicted octanol–water partition coefficient (Wildman–Crippen LogP) is 2.82. The number of ketones is 2. The third-order valence-electron chi connectivity index (χ3n) is 3.37. The van der Waals surface area contributed by atoms with Crippen molar-refractivity contribution in [1.82, 2.24) is 0 Å². The minimum atomic E-state index is -0.257. The summed E-state index contributed by atoms with van der Waals surface area (Å²) in [5.74, 6) is -0.0973. The number of nitrogens with two attached hydrogens (primary N) is 1. The molecule has 4 nitrogen and oxygen atoms in total. The third kappa shape index (κ3) is 1.59. The van der Waals surface area contributed by atoms with Gasteiger partial charge in [0.1, 0.15) is 5.75 Å². The summed E-state index contributed by atoms with van der Waals surface area (Å²) in [7, 11) is 1.47. The number of anilines is 1. The fourth-order valence-electron chi connectivity index (χ4n) is 2.42. The van der Waals surface area contributed by atoms with Gasteiger partial charge in [0.15, 0.2) is 11.6 Å². The van der Waals surface area contributed by atoms with Crippen LogP contribution in [-0.4, -0.2) is 18.7 Å². The topological polar surface area (TPSA) is 69.4 Å². The van der Waals surface area contributed by atoms with Crippen molar-refractivity contribution in [3.63, 3.8) is 0 Å². The van der Waals surface area contributed by atoms with E-state index in [1.54, 1.807) is 30.3 Å². The number of benzene rings is 2. The maximum Gasteiger partial charge on any atom is 0.196 e. The molecule has 0 heterocycles. The molecule has 0 atom stereocenters. The summed E-state index contributed by atoms with van der Waals surface area (Å²) >= 11 is 3.32. The second-order valence-corrected chi connectivity index (χ2v) is 5.28. The van der Waals surface area contributed by atoms with E-state index in [9.17, 15) is 9.59 Å². The summed E-state index contributed by atoms with van der Waals surface area (Å²) in [5.41, 5.74) is 7.44. The van der Waals surface area contributed by atoms with Gasteiger partial charge in [0.25, 0.3) is 0 Å². The van der Waals surface area contributed by atoms with Crippen molar-refractivity contribution in [3.8, 4) is 5.75 Å². The van der Waals surface area contributed by atoms with Crippen molar-refractivity contribution in [2.75, 3.05) is 12.8 Å². The Morgan fingerprint density at radius 2 is 1.60 bits per heavy atom. The normalized spacial score (nSPS) is 12.9. The van der Waals surface area contributed by atoms with Crippen LogP contribution in [0.25, 0.3) is 0 Å². The lowest BCUT2D eigenvalue weighted by Crippen LogP contribution is -2.23. The minimum Gasteiger partial charge on any atom is -0.495 e. The van der Waals surface area contributed by atoms with Crippen LogP contribution in [0.15, 0.2) is 34.8 Å². The summed E-state index contributed by atoms with van der Waals surface area (Å²) < 4.78 is 5.65. The van der Waals surface area contributed by atoms with Gasteiger partial charge in [-0.2, -0.15) is 0 Å². The molecule has 0 spiro atoms. The highest BCUT2D eigenvalue weighted by Crippen LogP contribution is 2.40. The summed E-state index contributed by atoms with van der Waals surface area (Å²) in [6.45, 7) is 0. The molecule has 0 amide bonds. The molecule has 0 saturated carbocycles. The second-order valence-electron chi connectivity index (χ2n) is 4.43. The van der Waals surface area contributed by atoms with Crippen LogP contribution in [0.2, 0.25) is 0 Å². The van der Waals surface area contributed by atoms with Gasteiger partial charge in [0.2, 0.25) is 0 Å². The van der Waals surface area contributed by atoms with Crippen LogP contribution >= 0.6 is 15.9 Å². The molecule has 1 aliphatic carbocycles. The first-order valence-electron chi connectivity index (χ1n) is 5.90. The van der Waals surface area contributed by atoms with Gasteiger partial charge < -0.3 is 10.5 Å². The highest BCUT2D eigenvalue weighted by molar-refractivity contribution is 9.10. The van der Waals surface area contributed by atoms with Gasteiger partial charge in [-0.3, -0.25) is 9.59 Å². The van der Waals surface area contributed by atoms with Gasteiger partial charge in [0.05, 0.1) is 23.9 Å². The molecule has 0 bridgehead atoms. The zero-order valence-electron chi connectivity index (χ0n) is 10.6. The number of hydrogen-bond donors (Lipinski definition) is 1. The largest absolute Gasteiger partial charge is 0.495 e. The molecule has 0 unspecified atom stereocenters. The minimum absolute atomic E-state index is 0.193. The van der Waals surface area contributed by atoms with Gasteiger partial charge in [-0.15, -0.1) is 0 Å². The Bertz CT molecular complexity index is 768. The van der Waals surface area contributed by atoms with E-state index in [4.69, 9.17) is 10.5 Å². The van der Waals surface area contributed by atoms with Crippen LogP contribution < -0.4 is 10.5 Å². The van der Waals surface area contributed by atoms with E-state index >= 15 is 0 Å². The quantitative estimate of drug-likeness (QED) is 0.696. The van der Waals surface area contributed by atoms with Crippen LogP contribution in [0.1, 0.15) is 31.8 Å². The van der Waals surface area contributed by atoms with Crippen molar-refractivity contribution in [2.24, 2.45) is 0 Å². The first kappa shape index (κ1) is 12.9. The molecule has 3 rings (SSSR count). The summed E-state index contributed by atoms with van der Waals surface area (Å²) in [6, 6.07) is 8.33. The lowest BCUT2D eigenvalue weighted by molar-refractivity contribution is 0.0979. The number of nitrogen functional groups attached to an aromatic ring is 1. The Morgan fingerprint density at radius 3 is 2.15 bits per heavy atom. The van der Waals surface area contributed by atoms with Crippen molar-refractivity contribution in [2.45, 2.75) is 0 Å². The lowest BCUT2D eigenvalue weighted by atomic mass is 9.83. The standard InChI is InChI=1S/C15H10BrNO3/c1-20-10-6-9(16)11-12(13(10)17)15(19)8-5-3-2-4-7(8)14(11)18/h2-6H,17H2,1H3. The number of hydrogen-bond acceptors (Lipinski definition) is 4. The van der Waals surface area contributed by atoms with Gasteiger partial charge >= 0.3 is 0 Å². The van der Waals surface area contributed by atoms with Crippen LogP contribution in [0, 0.1) is 0 Å². The number of fused-ring (bicyclic) bond motifs is 2. The first-order chi connectivity index (χ1) is 9.56. The molecule has 1 aliphatic rings. The van der Waals surface area contributed by atoms with Crippen LogP contribution in [-0.2, 0) is 0 Å². The molecular weight excluding hydrogens is 322 g/mol. The van der Waals surface area contributed by atoms with E-state index < -0.39 is 0 Å². The molecular formula is C15H10BrNO3. The Hall–Kier alpha value is -2.14. The zero-order valence-corrected chi connectivity index (χ0v) is 12.2. The van der Waals surface area contributed by atoms with Gasteiger partial charge in [0, 0.05) is 15.6 Å². The Kier molecular flexibility index (Phi) is 2.87. The Labute approximate surface area is 123 Å². The summed E-state index contributed by atoms with van der Waals surface area (Å²) in [5, 5.41) is 0. The first-order valence-corrected chi connectivity index (χ1v) is 6.70. The highest BCUT2D eigenvalue weighted by Gasteiger charge is 2.34. The van der Waals surface area contributed by atoms with Gasteiger partial charge in [-0.25, -0.2) is 0 Å². The predicted molar refractivity (Wildman–Crippen MR) is 78.4 cm³/mol. The molecule has 0 radical (unpaired) electrons. The van der Waals surface area contributed by atoms with E-state index in [2.05, 4.69) is 15.9 Å². The summed E-state index contributed by atoms with van der Waals surface area (Å²) in [6.07, 6.45) is 0. The molecule has 100 valence electrons. The van der Waals surface area contributed by atoms with Crippen LogP contribution in [0.5, 0.6) is 5.75 Å². The maximum absolute atomic E-state index is 12.6.